The number of likely N-dealkylation sites (tertiary alicyclic amines) is 1. The zero-order chi connectivity index (χ0) is 19.6. The van der Waals surface area contributed by atoms with Crippen LogP contribution in [0.1, 0.15) is 40.7 Å². The Labute approximate surface area is 174 Å². The smallest absolute Gasteiger partial charge is 0.206 e. The summed E-state index contributed by atoms with van der Waals surface area (Å²) in [4.78, 5) is 6.43. The molecule has 0 saturated carbocycles. The predicted octanol–water partition coefficient (Wildman–Crippen LogP) is 2.60. The van der Waals surface area contributed by atoms with E-state index in [1.807, 2.05) is 16.0 Å². The molecule has 1 N–H and O–H groups in total. The fourth-order valence-corrected chi connectivity index (χ4v) is 5.21. The van der Waals surface area contributed by atoms with Crippen LogP contribution in [0.15, 0.2) is 48.5 Å². The lowest BCUT2D eigenvalue weighted by Gasteiger charge is -2.27. The molecule has 6 nitrogen and oxygen atoms in total. The van der Waals surface area contributed by atoms with E-state index in [2.05, 4.69) is 71.0 Å². The number of quaternary nitrogens is 1. The molecule has 1 fully saturated rings. The molecule has 0 bridgehead atoms. The molecule has 1 aliphatic heterocycles. The van der Waals surface area contributed by atoms with Crippen LogP contribution >= 0.6 is 11.3 Å². The van der Waals surface area contributed by atoms with Gasteiger partial charge in [-0.05, 0) is 35.0 Å². The lowest BCUT2D eigenvalue weighted by Crippen LogP contribution is -3.11. The van der Waals surface area contributed by atoms with Gasteiger partial charge in [0.15, 0.2) is 0 Å². The minimum Gasteiger partial charge on any atom is -0.328 e. The van der Waals surface area contributed by atoms with E-state index in [4.69, 9.17) is 4.98 Å². The van der Waals surface area contributed by atoms with Crippen LogP contribution in [0.4, 0.5) is 0 Å². The van der Waals surface area contributed by atoms with Gasteiger partial charge in [-0.3, -0.25) is 0 Å². The summed E-state index contributed by atoms with van der Waals surface area (Å²) in [6.45, 7) is 5.99. The first kappa shape index (κ1) is 18.4. The second-order valence-electron chi connectivity index (χ2n) is 7.96. The number of piperidine rings is 1. The van der Waals surface area contributed by atoms with Crippen LogP contribution in [0.3, 0.4) is 0 Å². The molecule has 0 atom stereocenters. The maximum atomic E-state index is 4.88. The van der Waals surface area contributed by atoms with Crippen molar-refractivity contribution in [2.45, 2.75) is 38.8 Å². The molecule has 4 aromatic rings. The lowest BCUT2D eigenvalue weighted by molar-refractivity contribution is -0.919. The number of aromatic nitrogens is 5. The molecule has 1 aliphatic rings. The van der Waals surface area contributed by atoms with Gasteiger partial charge in [-0.1, -0.05) is 42.0 Å². The minimum absolute atomic E-state index is 0.583. The second-order valence-corrected chi connectivity index (χ2v) is 9.02. The van der Waals surface area contributed by atoms with E-state index < -0.39 is 0 Å². The van der Waals surface area contributed by atoms with Gasteiger partial charge in [0.2, 0.25) is 5.82 Å². The van der Waals surface area contributed by atoms with Crippen LogP contribution in [0, 0.1) is 6.92 Å². The van der Waals surface area contributed by atoms with Gasteiger partial charge in [0.1, 0.15) is 6.54 Å². The first-order valence-electron chi connectivity index (χ1n) is 10.2. The van der Waals surface area contributed by atoms with E-state index in [-0.39, 0.29) is 0 Å². The molecule has 5 rings (SSSR count). The fourth-order valence-electron chi connectivity index (χ4n) is 4.08. The van der Waals surface area contributed by atoms with Crippen molar-refractivity contribution in [3.63, 3.8) is 0 Å². The lowest BCUT2D eigenvalue weighted by atomic mass is 9.97. The number of tetrazole rings is 1. The normalized spacial score (nSPS) is 19.6. The molecule has 0 radical (unpaired) electrons. The summed E-state index contributed by atoms with van der Waals surface area (Å²) in [5.41, 5.74) is 3.64. The first-order chi connectivity index (χ1) is 14.2. The minimum atomic E-state index is 0.583. The molecule has 0 spiro atoms. The molecule has 2 aromatic heterocycles. The number of rotatable bonds is 5. The van der Waals surface area contributed by atoms with E-state index in [0.29, 0.717) is 5.92 Å². The number of thiazole rings is 1. The Morgan fingerprint density at radius 1 is 1.07 bits per heavy atom. The van der Waals surface area contributed by atoms with Gasteiger partial charge in [0.25, 0.3) is 0 Å². The highest BCUT2D eigenvalue weighted by atomic mass is 32.1. The molecular weight excluding hydrogens is 380 g/mol. The molecule has 0 unspecified atom stereocenters. The van der Waals surface area contributed by atoms with Gasteiger partial charge < -0.3 is 4.90 Å². The van der Waals surface area contributed by atoms with Gasteiger partial charge in [0.05, 0.1) is 34.9 Å². The van der Waals surface area contributed by atoms with Crippen molar-refractivity contribution in [1.82, 2.24) is 25.2 Å². The Balaban J connectivity index is 1.21. The Morgan fingerprint density at radius 3 is 2.66 bits per heavy atom. The van der Waals surface area contributed by atoms with Crippen molar-refractivity contribution in [3.05, 3.63) is 70.5 Å². The Morgan fingerprint density at radius 2 is 1.86 bits per heavy atom. The van der Waals surface area contributed by atoms with Gasteiger partial charge in [-0.15, -0.1) is 16.4 Å². The standard InChI is InChI=1S/C22H24N6S/c1-16-6-8-17(9-7-16)14-28-21(24-25-26-28)15-27-12-10-18(11-13-27)22-23-19-4-2-3-5-20(19)29-22/h2-9,18H,10-15H2,1H3/p+1. The van der Waals surface area contributed by atoms with E-state index in [1.165, 1.54) is 33.7 Å². The van der Waals surface area contributed by atoms with Crippen LogP contribution < -0.4 is 4.90 Å². The third-order valence-corrected chi connectivity index (χ3v) is 7.02. The number of hydrogen-bond acceptors (Lipinski definition) is 5. The summed E-state index contributed by atoms with van der Waals surface area (Å²) in [6.07, 6.45) is 2.35. The van der Waals surface area contributed by atoms with Crippen LogP contribution in [-0.2, 0) is 13.1 Å². The number of hydrogen-bond donors (Lipinski definition) is 1. The number of fused-ring (bicyclic) bond motifs is 1. The molecule has 0 amide bonds. The van der Waals surface area contributed by atoms with Gasteiger partial charge >= 0.3 is 0 Å². The van der Waals surface area contributed by atoms with Gasteiger partial charge in [-0.2, -0.15) is 0 Å². The van der Waals surface area contributed by atoms with Crippen molar-refractivity contribution >= 4 is 21.6 Å². The maximum Gasteiger partial charge on any atom is 0.206 e. The summed E-state index contributed by atoms with van der Waals surface area (Å²) in [7, 11) is 0. The van der Waals surface area contributed by atoms with E-state index >= 15 is 0 Å². The predicted molar refractivity (Wildman–Crippen MR) is 114 cm³/mol. The van der Waals surface area contributed by atoms with E-state index in [1.54, 1.807) is 4.90 Å². The largest absolute Gasteiger partial charge is 0.328 e. The maximum absolute atomic E-state index is 4.88. The average Bonchev–Trinajstić information content (AvgIpc) is 3.37. The van der Waals surface area contributed by atoms with E-state index in [9.17, 15) is 0 Å². The van der Waals surface area contributed by atoms with Crippen LogP contribution in [-0.4, -0.2) is 38.3 Å². The van der Waals surface area contributed by atoms with Crippen molar-refractivity contribution in [1.29, 1.82) is 0 Å². The zero-order valence-corrected chi connectivity index (χ0v) is 17.4. The number of benzene rings is 2. The first-order valence-corrected chi connectivity index (χ1v) is 11.1. The second kappa shape index (κ2) is 8.00. The highest BCUT2D eigenvalue weighted by molar-refractivity contribution is 7.18. The van der Waals surface area contributed by atoms with Crippen molar-refractivity contribution < 1.29 is 4.90 Å². The molecule has 1 saturated heterocycles. The summed E-state index contributed by atoms with van der Waals surface area (Å²) in [6, 6.07) is 17.0. The molecule has 29 heavy (non-hydrogen) atoms. The van der Waals surface area contributed by atoms with Gasteiger partial charge in [-0.25, -0.2) is 9.67 Å². The highest BCUT2D eigenvalue weighted by Crippen LogP contribution is 2.31. The molecule has 148 valence electrons. The Kier molecular flexibility index (Phi) is 5.08. The third-order valence-electron chi connectivity index (χ3n) is 5.82. The molecule has 2 aromatic carbocycles. The molecule has 0 aliphatic carbocycles. The molecule has 3 heterocycles. The van der Waals surface area contributed by atoms with Crippen molar-refractivity contribution in [3.8, 4) is 0 Å². The molecule has 7 heteroatoms. The number of para-hydroxylation sites is 1. The highest BCUT2D eigenvalue weighted by Gasteiger charge is 2.27. The summed E-state index contributed by atoms with van der Waals surface area (Å²) >= 11 is 1.86. The topological polar surface area (TPSA) is 60.9 Å². The van der Waals surface area contributed by atoms with Crippen LogP contribution in [0.2, 0.25) is 0 Å². The molecular formula is C22H25N6S+. The number of nitrogens with zero attached hydrogens (tertiary/aromatic N) is 5. The summed E-state index contributed by atoms with van der Waals surface area (Å²) in [5, 5.41) is 13.8. The van der Waals surface area contributed by atoms with Crippen LogP contribution in [0.25, 0.3) is 10.2 Å². The van der Waals surface area contributed by atoms with E-state index in [0.717, 1.165) is 37.5 Å². The Hall–Kier alpha value is -2.64. The monoisotopic (exact) mass is 405 g/mol. The third kappa shape index (κ3) is 4.06. The van der Waals surface area contributed by atoms with Crippen molar-refractivity contribution in [2.24, 2.45) is 0 Å². The fraction of sp³-hybridized carbons (Fsp3) is 0.364. The number of aryl methyl sites for hydroxylation is 1. The summed E-state index contributed by atoms with van der Waals surface area (Å²) in [5.74, 6) is 1.55. The quantitative estimate of drug-likeness (QED) is 0.554. The SMILES string of the molecule is Cc1ccc(Cn2nnnc2C[NH+]2CCC(c3nc4ccccc4s3)CC2)cc1. The Bertz CT molecular complexity index is 1060. The summed E-state index contributed by atoms with van der Waals surface area (Å²) < 4.78 is 3.24. The number of nitrogens with one attached hydrogen (secondary N) is 1. The van der Waals surface area contributed by atoms with Crippen molar-refractivity contribution in [2.75, 3.05) is 13.1 Å². The van der Waals surface area contributed by atoms with Gasteiger partial charge in [0, 0.05) is 18.8 Å². The van der Waals surface area contributed by atoms with Crippen LogP contribution in [0.5, 0.6) is 0 Å². The zero-order valence-electron chi connectivity index (χ0n) is 16.6. The average molecular weight is 406 g/mol.